The fourth-order valence-corrected chi connectivity index (χ4v) is 4.28. The van der Waals surface area contributed by atoms with Crippen LogP contribution in [-0.4, -0.2) is 20.4 Å². The molecule has 1 amide bonds. The standard InChI is InChI=1S/C24H24N4O2S/c1-15-9-10-16(2)19(12-15)20-13-31-24(26-20)27-21(29)8-5-11-28-14-25-22-17(3)6-4-7-18(22)23(28)30/h4,6-7,9-10,12-14H,5,8,11H2,1-3H3,(H,26,27,29). The van der Waals surface area contributed by atoms with Crippen molar-refractivity contribution in [3.8, 4) is 11.3 Å². The van der Waals surface area contributed by atoms with E-state index in [1.165, 1.54) is 16.9 Å². The summed E-state index contributed by atoms with van der Waals surface area (Å²) in [7, 11) is 0. The van der Waals surface area contributed by atoms with E-state index in [-0.39, 0.29) is 11.5 Å². The molecule has 1 N–H and O–H groups in total. The summed E-state index contributed by atoms with van der Waals surface area (Å²) in [6, 6.07) is 11.8. The molecule has 0 bridgehead atoms. The zero-order valence-corrected chi connectivity index (χ0v) is 18.6. The van der Waals surface area contributed by atoms with Gasteiger partial charge in [-0.25, -0.2) is 9.97 Å². The molecule has 2 aromatic heterocycles. The quantitative estimate of drug-likeness (QED) is 0.472. The van der Waals surface area contributed by atoms with Crippen LogP contribution in [0.3, 0.4) is 0 Å². The smallest absolute Gasteiger partial charge is 0.261 e. The lowest BCUT2D eigenvalue weighted by atomic mass is 10.0. The number of amides is 1. The summed E-state index contributed by atoms with van der Waals surface area (Å²) in [6.45, 7) is 6.48. The molecule has 0 atom stereocenters. The van der Waals surface area contributed by atoms with Crippen LogP contribution in [0.1, 0.15) is 29.5 Å². The number of anilines is 1. The van der Waals surface area contributed by atoms with Gasteiger partial charge in [-0.3, -0.25) is 14.2 Å². The highest BCUT2D eigenvalue weighted by Gasteiger charge is 2.11. The number of para-hydroxylation sites is 1. The summed E-state index contributed by atoms with van der Waals surface area (Å²) >= 11 is 1.41. The molecule has 7 heteroatoms. The zero-order valence-electron chi connectivity index (χ0n) is 17.8. The first-order chi connectivity index (χ1) is 14.9. The maximum Gasteiger partial charge on any atom is 0.261 e. The highest BCUT2D eigenvalue weighted by molar-refractivity contribution is 7.14. The van der Waals surface area contributed by atoms with Crippen molar-refractivity contribution in [2.75, 3.05) is 5.32 Å². The van der Waals surface area contributed by atoms with Crippen LogP contribution in [0.15, 0.2) is 52.9 Å². The minimum atomic E-state index is -0.112. The van der Waals surface area contributed by atoms with Crippen molar-refractivity contribution in [2.45, 2.75) is 40.2 Å². The Hall–Kier alpha value is -3.32. The number of hydrogen-bond donors (Lipinski definition) is 1. The summed E-state index contributed by atoms with van der Waals surface area (Å²) in [5.74, 6) is -0.112. The van der Waals surface area contributed by atoms with Crippen LogP contribution in [0.2, 0.25) is 0 Å². The topological polar surface area (TPSA) is 76.9 Å². The molecule has 0 aliphatic carbocycles. The van der Waals surface area contributed by atoms with E-state index in [9.17, 15) is 9.59 Å². The van der Waals surface area contributed by atoms with Crippen molar-refractivity contribution in [1.82, 2.24) is 14.5 Å². The summed E-state index contributed by atoms with van der Waals surface area (Å²) in [5, 5.41) is 6.02. The normalized spacial score (nSPS) is 11.1. The fourth-order valence-electron chi connectivity index (χ4n) is 3.56. The average molecular weight is 433 g/mol. The van der Waals surface area contributed by atoms with E-state index in [0.717, 1.165) is 27.9 Å². The van der Waals surface area contributed by atoms with E-state index in [1.54, 1.807) is 17.0 Å². The number of nitrogens with zero attached hydrogens (tertiary/aromatic N) is 3. The Morgan fingerprint density at radius 2 is 1.97 bits per heavy atom. The SMILES string of the molecule is Cc1ccc(C)c(-c2csc(NC(=O)CCCn3cnc4c(C)cccc4c3=O)n2)c1. The molecule has 158 valence electrons. The van der Waals surface area contributed by atoms with Gasteiger partial charge in [-0.05, 0) is 50.5 Å². The third kappa shape index (κ3) is 4.56. The number of benzene rings is 2. The minimum Gasteiger partial charge on any atom is -0.302 e. The van der Waals surface area contributed by atoms with Gasteiger partial charge < -0.3 is 5.32 Å². The number of thiazole rings is 1. The molecule has 4 aromatic rings. The van der Waals surface area contributed by atoms with E-state index in [1.807, 2.05) is 24.4 Å². The summed E-state index contributed by atoms with van der Waals surface area (Å²) in [5.41, 5.74) is 5.90. The lowest BCUT2D eigenvalue weighted by molar-refractivity contribution is -0.116. The van der Waals surface area contributed by atoms with Gasteiger partial charge >= 0.3 is 0 Å². The Kier molecular flexibility index (Phi) is 5.95. The van der Waals surface area contributed by atoms with Gasteiger partial charge in [0, 0.05) is 23.9 Å². The number of aryl methyl sites for hydroxylation is 4. The highest BCUT2D eigenvalue weighted by Crippen LogP contribution is 2.28. The molecular formula is C24H24N4O2S. The molecule has 0 saturated carbocycles. The fraction of sp³-hybridized carbons (Fsp3) is 0.250. The van der Waals surface area contributed by atoms with Gasteiger partial charge in [0.2, 0.25) is 5.91 Å². The van der Waals surface area contributed by atoms with Gasteiger partial charge in [-0.1, -0.05) is 29.8 Å². The molecule has 6 nitrogen and oxygen atoms in total. The van der Waals surface area contributed by atoms with Crippen molar-refractivity contribution in [1.29, 1.82) is 0 Å². The number of carbonyl (C=O) groups is 1. The van der Waals surface area contributed by atoms with Crippen LogP contribution in [0.4, 0.5) is 5.13 Å². The first-order valence-corrected chi connectivity index (χ1v) is 11.1. The van der Waals surface area contributed by atoms with Crippen molar-refractivity contribution in [3.05, 3.63) is 75.1 Å². The number of hydrogen-bond acceptors (Lipinski definition) is 5. The molecule has 31 heavy (non-hydrogen) atoms. The monoisotopic (exact) mass is 432 g/mol. The van der Waals surface area contributed by atoms with Crippen LogP contribution in [-0.2, 0) is 11.3 Å². The molecule has 0 radical (unpaired) electrons. The summed E-state index contributed by atoms with van der Waals surface area (Å²) in [4.78, 5) is 34.0. The van der Waals surface area contributed by atoms with Gasteiger partial charge in [0.15, 0.2) is 5.13 Å². The molecule has 2 aromatic carbocycles. The van der Waals surface area contributed by atoms with Gasteiger partial charge in [-0.15, -0.1) is 11.3 Å². The highest BCUT2D eigenvalue weighted by atomic mass is 32.1. The molecule has 0 unspecified atom stereocenters. The molecule has 0 spiro atoms. The van der Waals surface area contributed by atoms with Gasteiger partial charge in [0.1, 0.15) is 0 Å². The van der Waals surface area contributed by atoms with Crippen molar-refractivity contribution in [2.24, 2.45) is 0 Å². The maximum absolute atomic E-state index is 12.7. The number of nitrogens with one attached hydrogen (secondary N) is 1. The van der Waals surface area contributed by atoms with Crippen molar-refractivity contribution >= 4 is 33.3 Å². The molecule has 0 saturated heterocycles. The average Bonchev–Trinajstić information content (AvgIpc) is 3.20. The van der Waals surface area contributed by atoms with Crippen LogP contribution in [0.25, 0.3) is 22.2 Å². The Bertz CT molecular complexity index is 1320. The predicted octanol–water partition coefficient (Wildman–Crippen LogP) is 4.86. The maximum atomic E-state index is 12.7. The first kappa shape index (κ1) is 20.9. The lowest BCUT2D eigenvalue weighted by Crippen LogP contribution is -2.22. The predicted molar refractivity (Wildman–Crippen MR) is 126 cm³/mol. The van der Waals surface area contributed by atoms with E-state index >= 15 is 0 Å². The Labute approximate surface area is 184 Å². The summed E-state index contributed by atoms with van der Waals surface area (Å²) in [6.07, 6.45) is 2.41. The van der Waals surface area contributed by atoms with E-state index in [2.05, 4.69) is 47.3 Å². The number of fused-ring (bicyclic) bond motifs is 1. The minimum absolute atomic E-state index is 0.0767. The Balaban J connectivity index is 1.37. The third-order valence-electron chi connectivity index (χ3n) is 5.28. The second kappa shape index (κ2) is 8.81. The van der Waals surface area contributed by atoms with Crippen LogP contribution >= 0.6 is 11.3 Å². The van der Waals surface area contributed by atoms with Crippen molar-refractivity contribution < 1.29 is 4.79 Å². The van der Waals surface area contributed by atoms with E-state index < -0.39 is 0 Å². The number of aromatic nitrogens is 3. The van der Waals surface area contributed by atoms with Crippen LogP contribution in [0, 0.1) is 20.8 Å². The Morgan fingerprint density at radius 3 is 2.81 bits per heavy atom. The largest absolute Gasteiger partial charge is 0.302 e. The van der Waals surface area contributed by atoms with Crippen molar-refractivity contribution in [3.63, 3.8) is 0 Å². The zero-order chi connectivity index (χ0) is 22.0. The molecule has 4 rings (SSSR count). The van der Waals surface area contributed by atoms with Gasteiger partial charge in [0.05, 0.1) is 22.9 Å². The van der Waals surface area contributed by atoms with E-state index in [0.29, 0.717) is 29.9 Å². The molecule has 0 aliphatic rings. The Morgan fingerprint density at radius 1 is 1.13 bits per heavy atom. The molecule has 0 aliphatic heterocycles. The second-order valence-corrected chi connectivity index (χ2v) is 8.58. The third-order valence-corrected chi connectivity index (χ3v) is 6.04. The lowest BCUT2D eigenvalue weighted by Gasteiger charge is -2.07. The number of rotatable bonds is 6. The van der Waals surface area contributed by atoms with Gasteiger partial charge in [0.25, 0.3) is 5.56 Å². The molecule has 0 fully saturated rings. The van der Waals surface area contributed by atoms with Gasteiger partial charge in [-0.2, -0.15) is 0 Å². The molecule has 2 heterocycles. The van der Waals surface area contributed by atoms with Crippen LogP contribution in [0.5, 0.6) is 0 Å². The molecular weight excluding hydrogens is 408 g/mol. The van der Waals surface area contributed by atoms with Crippen LogP contribution < -0.4 is 10.9 Å². The second-order valence-electron chi connectivity index (χ2n) is 7.72. The number of carbonyl (C=O) groups excluding carboxylic acids is 1. The van der Waals surface area contributed by atoms with E-state index in [4.69, 9.17) is 0 Å². The first-order valence-electron chi connectivity index (χ1n) is 10.2. The summed E-state index contributed by atoms with van der Waals surface area (Å²) < 4.78 is 1.57.